The van der Waals surface area contributed by atoms with Gasteiger partial charge in [-0.05, 0) is 25.0 Å². The molecule has 1 aromatic heterocycles. The van der Waals surface area contributed by atoms with Crippen LogP contribution in [-0.2, 0) is 0 Å². The lowest BCUT2D eigenvalue weighted by Gasteiger charge is -2.16. The van der Waals surface area contributed by atoms with Gasteiger partial charge in [-0.1, -0.05) is 18.2 Å². The number of nitrogens with zero attached hydrogens (tertiary/aromatic N) is 3. The molecular weight excluding hydrogens is 304 g/mol. The number of rotatable bonds is 6. The topological polar surface area (TPSA) is 82.2 Å². The van der Waals surface area contributed by atoms with Crippen LogP contribution < -0.4 is 20.9 Å². The minimum atomic E-state index is -0.219. The van der Waals surface area contributed by atoms with Crippen LogP contribution in [0.15, 0.2) is 42.7 Å². The van der Waals surface area contributed by atoms with Crippen LogP contribution in [0.4, 0.5) is 22.1 Å². The van der Waals surface area contributed by atoms with Gasteiger partial charge >= 0.3 is 6.03 Å². The molecular formula is C17H22N6O. The van der Waals surface area contributed by atoms with Crippen molar-refractivity contribution >= 4 is 23.4 Å². The van der Waals surface area contributed by atoms with E-state index in [1.165, 1.54) is 12.8 Å². The quantitative estimate of drug-likeness (QED) is 0.710. The summed E-state index contributed by atoms with van der Waals surface area (Å²) in [6.07, 6.45) is 4.01. The highest BCUT2D eigenvalue weighted by Gasteiger charge is 2.13. The number of hydrogen-bond donors (Lipinski definition) is 3. The first kappa shape index (κ1) is 16.0. The first-order valence-corrected chi connectivity index (χ1v) is 8.22. The second-order valence-corrected chi connectivity index (χ2v) is 5.63. The molecule has 2 amide bonds. The zero-order chi connectivity index (χ0) is 16.6. The summed E-state index contributed by atoms with van der Waals surface area (Å²) in [5, 5.41) is 8.79. The minimum Gasteiger partial charge on any atom is -0.368 e. The number of urea groups is 1. The molecule has 3 rings (SSSR count). The van der Waals surface area contributed by atoms with Gasteiger partial charge in [0.1, 0.15) is 18.0 Å². The normalized spacial score (nSPS) is 13.6. The summed E-state index contributed by atoms with van der Waals surface area (Å²) < 4.78 is 0. The zero-order valence-corrected chi connectivity index (χ0v) is 13.5. The molecule has 0 atom stereocenters. The number of amides is 2. The third kappa shape index (κ3) is 4.58. The number of benzene rings is 1. The predicted octanol–water partition coefficient (Wildman–Crippen LogP) is 2.31. The lowest BCUT2D eigenvalue weighted by atomic mass is 10.3. The highest BCUT2D eigenvalue weighted by Crippen LogP contribution is 2.18. The molecule has 24 heavy (non-hydrogen) atoms. The maximum atomic E-state index is 11.8. The van der Waals surface area contributed by atoms with E-state index in [1.807, 2.05) is 36.4 Å². The Morgan fingerprint density at radius 1 is 1.08 bits per heavy atom. The summed E-state index contributed by atoms with van der Waals surface area (Å²) >= 11 is 0. The molecule has 1 aromatic carbocycles. The fraction of sp³-hybridized carbons (Fsp3) is 0.353. The number of anilines is 3. The second kappa shape index (κ2) is 8.14. The van der Waals surface area contributed by atoms with E-state index in [2.05, 4.69) is 30.8 Å². The highest BCUT2D eigenvalue weighted by atomic mass is 16.2. The molecule has 1 aliphatic heterocycles. The summed E-state index contributed by atoms with van der Waals surface area (Å²) in [5.74, 6) is 1.73. The molecule has 0 bridgehead atoms. The Hall–Kier alpha value is -2.83. The number of hydrogen-bond acceptors (Lipinski definition) is 5. The SMILES string of the molecule is O=C(NCCNc1cc(N2CCCC2)ncn1)Nc1ccccc1. The van der Waals surface area contributed by atoms with Crippen LogP contribution in [0.1, 0.15) is 12.8 Å². The molecule has 0 spiro atoms. The van der Waals surface area contributed by atoms with Crippen molar-refractivity contribution in [2.24, 2.45) is 0 Å². The second-order valence-electron chi connectivity index (χ2n) is 5.63. The minimum absolute atomic E-state index is 0.219. The predicted molar refractivity (Wildman–Crippen MR) is 95.4 cm³/mol. The van der Waals surface area contributed by atoms with E-state index < -0.39 is 0 Å². The Bertz CT molecular complexity index is 657. The lowest BCUT2D eigenvalue weighted by Crippen LogP contribution is -2.32. The van der Waals surface area contributed by atoms with E-state index in [4.69, 9.17) is 0 Å². The van der Waals surface area contributed by atoms with Gasteiger partial charge in [-0.3, -0.25) is 0 Å². The van der Waals surface area contributed by atoms with Crippen molar-refractivity contribution in [2.75, 3.05) is 41.7 Å². The zero-order valence-electron chi connectivity index (χ0n) is 13.5. The Morgan fingerprint density at radius 3 is 2.67 bits per heavy atom. The number of nitrogens with one attached hydrogen (secondary N) is 3. The first-order valence-electron chi connectivity index (χ1n) is 8.22. The third-order valence-corrected chi connectivity index (χ3v) is 3.83. The Kier molecular flexibility index (Phi) is 5.44. The summed E-state index contributed by atoms with van der Waals surface area (Å²) in [7, 11) is 0. The van der Waals surface area contributed by atoms with Crippen molar-refractivity contribution in [3.05, 3.63) is 42.7 Å². The van der Waals surface area contributed by atoms with Gasteiger partial charge in [0.05, 0.1) is 0 Å². The van der Waals surface area contributed by atoms with Crippen molar-refractivity contribution in [1.29, 1.82) is 0 Å². The molecule has 7 heteroatoms. The van der Waals surface area contributed by atoms with Crippen LogP contribution >= 0.6 is 0 Å². The molecule has 126 valence electrons. The van der Waals surface area contributed by atoms with Gasteiger partial charge < -0.3 is 20.9 Å². The van der Waals surface area contributed by atoms with Crippen molar-refractivity contribution < 1.29 is 4.79 Å². The number of para-hydroxylation sites is 1. The molecule has 1 fully saturated rings. The first-order chi connectivity index (χ1) is 11.8. The maximum absolute atomic E-state index is 11.8. The van der Waals surface area contributed by atoms with Crippen molar-refractivity contribution in [2.45, 2.75) is 12.8 Å². The average molecular weight is 326 g/mol. The van der Waals surface area contributed by atoms with Crippen LogP contribution in [0.3, 0.4) is 0 Å². The number of carbonyl (C=O) groups is 1. The monoisotopic (exact) mass is 326 g/mol. The molecule has 2 aromatic rings. The van der Waals surface area contributed by atoms with Gasteiger partial charge in [0.15, 0.2) is 0 Å². The standard InChI is InChI=1S/C17H22N6O/c24-17(22-14-6-2-1-3-7-14)19-9-8-18-15-12-16(21-13-20-15)23-10-4-5-11-23/h1-3,6-7,12-13H,4-5,8-11H2,(H,18,20,21)(H2,19,22,24). The van der Waals surface area contributed by atoms with Crippen molar-refractivity contribution in [3.8, 4) is 0 Å². The van der Waals surface area contributed by atoms with Crippen LogP contribution in [0, 0.1) is 0 Å². The van der Waals surface area contributed by atoms with Crippen molar-refractivity contribution in [3.63, 3.8) is 0 Å². The molecule has 7 nitrogen and oxygen atoms in total. The fourth-order valence-electron chi connectivity index (χ4n) is 2.63. The molecule has 0 radical (unpaired) electrons. The van der Waals surface area contributed by atoms with Gasteiger partial charge in [0.25, 0.3) is 0 Å². The van der Waals surface area contributed by atoms with Crippen LogP contribution in [0.2, 0.25) is 0 Å². The third-order valence-electron chi connectivity index (χ3n) is 3.83. The summed E-state index contributed by atoms with van der Waals surface area (Å²) in [5.41, 5.74) is 0.772. The van der Waals surface area contributed by atoms with E-state index in [0.29, 0.717) is 13.1 Å². The fourth-order valence-corrected chi connectivity index (χ4v) is 2.63. The maximum Gasteiger partial charge on any atom is 0.319 e. The van der Waals surface area contributed by atoms with Gasteiger partial charge in [0.2, 0.25) is 0 Å². The van der Waals surface area contributed by atoms with Crippen LogP contribution in [0.5, 0.6) is 0 Å². The molecule has 1 saturated heterocycles. The van der Waals surface area contributed by atoms with E-state index in [9.17, 15) is 4.79 Å². The molecule has 0 aliphatic carbocycles. The number of aromatic nitrogens is 2. The van der Waals surface area contributed by atoms with Gasteiger partial charge in [-0.2, -0.15) is 0 Å². The Balaban J connectivity index is 1.40. The van der Waals surface area contributed by atoms with Gasteiger partial charge in [-0.15, -0.1) is 0 Å². The summed E-state index contributed by atoms with van der Waals surface area (Å²) in [6.45, 7) is 3.20. The van der Waals surface area contributed by atoms with E-state index in [-0.39, 0.29) is 6.03 Å². The lowest BCUT2D eigenvalue weighted by molar-refractivity contribution is 0.252. The largest absolute Gasteiger partial charge is 0.368 e. The van der Waals surface area contributed by atoms with E-state index >= 15 is 0 Å². The van der Waals surface area contributed by atoms with Crippen LogP contribution in [0.25, 0.3) is 0 Å². The van der Waals surface area contributed by atoms with E-state index in [0.717, 1.165) is 30.4 Å². The molecule has 0 unspecified atom stereocenters. The Morgan fingerprint density at radius 2 is 1.88 bits per heavy atom. The molecule has 2 heterocycles. The Labute approximate surface area is 141 Å². The van der Waals surface area contributed by atoms with Gasteiger partial charge in [-0.25, -0.2) is 14.8 Å². The smallest absolute Gasteiger partial charge is 0.319 e. The average Bonchev–Trinajstić information content (AvgIpc) is 3.15. The van der Waals surface area contributed by atoms with Crippen molar-refractivity contribution in [1.82, 2.24) is 15.3 Å². The van der Waals surface area contributed by atoms with E-state index in [1.54, 1.807) is 6.33 Å². The van der Waals surface area contributed by atoms with Gasteiger partial charge in [0, 0.05) is 37.9 Å². The summed E-state index contributed by atoms with van der Waals surface area (Å²) in [6, 6.07) is 11.1. The molecule has 0 saturated carbocycles. The highest BCUT2D eigenvalue weighted by molar-refractivity contribution is 5.89. The van der Waals surface area contributed by atoms with Crippen LogP contribution in [-0.4, -0.2) is 42.2 Å². The number of carbonyl (C=O) groups excluding carboxylic acids is 1. The summed E-state index contributed by atoms with van der Waals surface area (Å²) in [4.78, 5) is 22.6. The molecule has 3 N–H and O–H groups in total. The molecule has 1 aliphatic rings.